The van der Waals surface area contributed by atoms with Gasteiger partial charge in [-0.1, -0.05) is 12.1 Å². The fraction of sp³-hybridized carbons (Fsp3) is 0.316. The topological polar surface area (TPSA) is 62.7 Å². The normalized spacial score (nSPS) is 22.4. The average Bonchev–Trinajstić information content (AvgIpc) is 3.10. The number of amides is 2. The van der Waals surface area contributed by atoms with Gasteiger partial charge in [0.1, 0.15) is 12.4 Å². The first-order chi connectivity index (χ1) is 12.6. The zero-order valence-electron chi connectivity index (χ0n) is 14.0. The van der Waals surface area contributed by atoms with Gasteiger partial charge in [-0.2, -0.15) is 0 Å². The third-order valence-corrected chi connectivity index (χ3v) is 4.84. The highest BCUT2D eigenvalue weighted by atomic mass is 19.1. The van der Waals surface area contributed by atoms with Crippen LogP contribution in [0.4, 0.5) is 4.39 Å². The van der Waals surface area contributed by atoms with Crippen LogP contribution in [-0.2, 0) is 16.1 Å². The number of fused-ring (bicyclic) bond motifs is 1. The lowest BCUT2D eigenvalue weighted by Gasteiger charge is -2.36. The van der Waals surface area contributed by atoms with Crippen LogP contribution >= 0.6 is 0 Å². The van der Waals surface area contributed by atoms with Gasteiger partial charge in [-0.25, -0.2) is 4.39 Å². The van der Waals surface area contributed by atoms with E-state index in [-0.39, 0.29) is 36.4 Å². The third-order valence-electron chi connectivity index (χ3n) is 4.84. The number of ether oxygens (including phenoxy) is 1. The highest BCUT2D eigenvalue weighted by Crippen LogP contribution is 2.26. The quantitative estimate of drug-likeness (QED) is 0.837. The van der Waals surface area contributed by atoms with Crippen molar-refractivity contribution in [3.8, 4) is 0 Å². The maximum atomic E-state index is 13.1. The van der Waals surface area contributed by atoms with Gasteiger partial charge in [-0.3, -0.25) is 14.6 Å². The van der Waals surface area contributed by atoms with Gasteiger partial charge < -0.3 is 14.5 Å². The van der Waals surface area contributed by atoms with Crippen molar-refractivity contribution in [3.63, 3.8) is 0 Å². The summed E-state index contributed by atoms with van der Waals surface area (Å²) in [6.45, 7) is 1.22. The number of carbonyl (C=O) groups is 2. The van der Waals surface area contributed by atoms with Crippen molar-refractivity contribution in [2.75, 3.05) is 19.7 Å². The zero-order chi connectivity index (χ0) is 18.1. The molecule has 6 nitrogen and oxygen atoms in total. The van der Waals surface area contributed by atoms with Crippen LogP contribution < -0.4 is 0 Å². The Hall–Kier alpha value is -2.80. The minimum absolute atomic E-state index is 0.00269. The first-order valence-electron chi connectivity index (χ1n) is 8.46. The Morgan fingerprint density at radius 3 is 2.77 bits per heavy atom. The molecule has 2 fully saturated rings. The number of carbonyl (C=O) groups excluding carboxylic acids is 2. The van der Waals surface area contributed by atoms with Crippen molar-refractivity contribution in [1.29, 1.82) is 0 Å². The number of hydrogen-bond acceptors (Lipinski definition) is 4. The van der Waals surface area contributed by atoms with Crippen LogP contribution in [0.1, 0.15) is 15.9 Å². The Kier molecular flexibility index (Phi) is 4.38. The van der Waals surface area contributed by atoms with E-state index in [1.165, 1.54) is 18.3 Å². The summed E-state index contributed by atoms with van der Waals surface area (Å²) in [5.41, 5.74) is 1.36. The molecule has 134 valence electrons. The fourth-order valence-electron chi connectivity index (χ4n) is 3.50. The minimum Gasteiger partial charge on any atom is -0.364 e. The van der Waals surface area contributed by atoms with E-state index in [1.807, 2.05) is 0 Å². The summed E-state index contributed by atoms with van der Waals surface area (Å²) in [7, 11) is 0. The van der Waals surface area contributed by atoms with Crippen LogP contribution in [0.3, 0.4) is 0 Å². The number of hydrogen-bond donors (Lipinski definition) is 0. The predicted octanol–water partition coefficient (Wildman–Crippen LogP) is 1.47. The summed E-state index contributed by atoms with van der Waals surface area (Å²) >= 11 is 0. The summed E-state index contributed by atoms with van der Waals surface area (Å²) in [6, 6.07) is 9.33. The molecule has 0 unspecified atom stereocenters. The van der Waals surface area contributed by atoms with Gasteiger partial charge >= 0.3 is 0 Å². The molecule has 4 rings (SSSR count). The van der Waals surface area contributed by atoms with Gasteiger partial charge in [0.05, 0.1) is 17.7 Å². The molecule has 1 aromatic carbocycles. The molecule has 0 saturated carbocycles. The van der Waals surface area contributed by atoms with E-state index in [0.29, 0.717) is 25.2 Å². The molecule has 2 aromatic rings. The monoisotopic (exact) mass is 355 g/mol. The number of rotatable bonds is 3. The number of halogens is 1. The maximum Gasteiger partial charge on any atom is 0.255 e. The van der Waals surface area contributed by atoms with Crippen LogP contribution in [0.15, 0.2) is 48.8 Å². The number of morpholine rings is 1. The molecule has 0 aliphatic carbocycles. The van der Waals surface area contributed by atoms with Crippen molar-refractivity contribution < 1.29 is 18.7 Å². The summed E-state index contributed by atoms with van der Waals surface area (Å²) < 4.78 is 18.8. The number of likely N-dealkylation sites (tertiary alicyclic amines) is 1. The molecule has 2 amide bonds. The van der Waals surface area contributed by atoms with Crippen molar-refractivity contribution in [1.82, 2.24) is 14.8 Å². The fourth-order valence-corrected chi connectivity index (χ4v) is 3.50. The van der Waals surface area contributed by atoms with Crippen LogP contribution in [0, 0.1) is 5.82 Å². The molecule has 2 saturated heterocycles. The van der Waals surface area contributed by atoms with Gasteiger partial charge in [0, 0.05) is 32.0 Å². The molecule has 2 aliphatic rings. The lowest BCUT2D eigenvalue weighted by atomic mass is 10.1. The second-order valence-corrected chi connectivity index (χ2v) is 6.52. The molecule has 26 heavy (non-hydrogen) atoms. The van der Waals surface area contributed by atoms with Crippen LogP contribution in [0.2, 0.25) is 0 Å². The van der Waals surface area contributed by atoms with Crippen molar-refractivity contribution in [2.45, 2.75) is 18.7 Å². The molecule has 0 bridgehead atoms. The van der Waals surface area contributed by atoms with Crippen LogP contribution in [0.5, 0.6) is 0 Å². The predicted molar refractivity (Wildman–Crippen MR) is 90.6 cm³/mol. The van der Waals surface area contributed by atoms with E-state index < -0.39 is 0 Å². The Bertz CT molecular complexity index is 813. The minimum atomic E-state index is -0.311. The summed E-state index contributed by atoms with van der Waals surface area (Å²) in [4.78, 5) is 32.4. The van der Waals surface area contributed by atoms with E-state index in [4.69, 9.17) is 4.74 Å². The van der Waals surface area contributed by atoms with Crippen LogP contribution in [0.25, 0.3) is 0 Å². The van der Waals surface area contributed by atoms with E-state index in [0.717, 1.165) is 5.56 Å². The van der Waals surface area contributed by atoms with Crippen LogP contribution in [-0.4, -0.2) is 58.4 Å². The summed E-state index contributed by atoms with van der Waals surface area (Å²) in [5.74, 6) is -0.550. The Morgan fingerprint density at radius 2 is 2.04 bits per heavy atom. The maximum absolute atomic E-state index is 13.1. The molecule has 2 aliphatic heterocycles. The largest absolute Gasteiger partial charge is 0.364 e. The first-order valence-corrected chi connectivity index (χ1v) is 8.46. The van der Waals surface area contributed by atoms with Crippen molar-refractivity contribution in [2.24, 2.45) is 0 Å². The van der Waals surface area contributed by atoms with Crippen molar-refractivity contribution >= 4 is 11.8 Å². The van der Waals surface area contributed by atoms with E-state index in [1.54, 1.807) is 40.3 Å². The molecule has 7 heteroatoms. The smallest absolute Gasteiger partial charge is 0.255 e. The second kappa shape index (κ2) is 6.84. The number of pyridine rings is 1. The first kappa shape index (κ1) is 16.7. The van der Waals surface area contributed by atoms with Gasteiger partial charge in [0.15, 0.2) is 0 Å². The molecule has 0 radical (unpaired) electrons. The molecule has 2 atom stereocenters. The zero-order valence-corrected chi connectivity index (χ0v) is 14.0. The van der Waals surface area contributed by atoms with E-state index in [2.05, 4.69) is 4.98 Å². The average molecular weight is 355 g/mol. The second-order valence-electron chi connectivity index (χ2n) is 6.52. The summed E-state index contributed by atoms with van der Waals surface area (Å²) in [5, 5.41) is 0. The molecule has 3 heterocycles. The molecule has 0 spiro atoms. The van der Waals surface area contributed by atoms with Gasteiger partial charge in [0.2, 0.25) is 5.91 Å². The van der Waals surface area contributed by atoms with Crippen molar-refractivity contribution in [3.05, 3.63) is 65.7 Å². The summed E-state index contributed by atoms with van der Waals surface area (Å²) in [6.07, 6.45) is 2.94. The molecule has 1 aromatic heterocycles. The van der Waals surface area contributed by atoms with Gasteiger partial charge in [-0.15, -0.1) is 0 Å². The standard InChI is InChI=1S/C19H18FN3O3/c20-15-5-3-13(4-6-15)9-23-16-10-22(11-17(16)26-12-18(23)24)19(25)14-2-1-7-21-8-14/h1-8,16-17H,9-12H2/t16-,17+/m1/s1. The highest BCUT2D eigenvalue weighted by molar-refractivity contribution is 5.94. The third kappa shape index (κ3) is 3.17. The number of benzene rings is 1. The number of aromatic nitrogens is 1. The van der Waals surface area contributed by atoms with E-state index in [9.17, 15) is 14.0 Å². The lowest BCUT2D eigenvalue weighted by molar-refractivity contribution is -0.153. The Morgan fingerprint density at radius 1 is 1.23 bits per heavy atom. The lowest BCUT2D eigenvalue weighted by Crippen LogP contribution is -2.53. The number of nitrogens with zero attached hydrogens (tertiary/aromatic N) is 3. The Labute approximate surface area is 150 Å². The SMILES string of the molecule is O=C(c1cccnc1)N1C[C@@H]2OCC(=O)N(Cc3ccc(F)cc3)[C@@H]2C1. The van der Waals surface area contributed by atoms with Gasteiger partial charge in [0.25, 0.3) is 5.91 Å². The molecular weight excluding hydrogens is 337 g/mol. The van der Waals surface area contributed by atoms with Gasteiger partial charge in [-0.05, 0) is 29.8 Å². The Balaban J connectivity index is 1.51. The highest BCUT2D eigenvalue weighted by Gasteiger charge is 2.44. The molecule has 0 N–H and O–H groups in total. The molecular formula is C19H18FN3O3. The van der Waals surface area contributed by atoms with E-state index >= 15 is 0 Å².